The van der Waals surface area contributed by atoms with Gasteiger partial charge in [-0.3, -0.25) is 4.79 Å². The van der Waals surface area contributed by atoms with E-state index in [-0.39, 0.29) is 18.1 Å². The Morgan fingerprint density at radius 3 is 2.56 bits per heavy atom. The maximum absolute atomic E-state index is 11.7. The van der Waals surface area contributed by atoms with E-state index in [0.29, 0.717) is 5.02 Å². The van der Waals surface area contributed by atoms with Crippen molar-refractivity contribution in [3.63, 3.8) is 0 Å². The number of amides is 1. The molecule has 0 aromatic heterocycles. The van der Waals surface area contributed by atoms with E-state index in [1.807, 2.05) is 0 Å². The lowest BCUT2D eigenvalue weighted by atomic mass is 10.1. The molecule has 1 aliphatic heterocycles. The molecule has 0 spiro atoms. The number of hydrogen-bond donors (Lipinski definition) is 1. The molecule has 18 heavy (non-hydrogen) atoms. The lowest BCUT2D eigenvalue weighted by Crippen LogP contribution is -2.36. The normalized spacial score (nSPS) is 20.8. The average Bonchev–Trinajstić information content (AvgIpc) is 2.61. The zero-order chi connectivity index (χ0) is 13.2. The molecular formula is C12H12ClNO3S. The van der Waals surface area contributed by atoms with Gasteiger partial charge in [0.25, 0.3) is 0 Å². The zero-order valence-corrected chi connectivity index (χ0v) is 11.0. The minimum atomic E-state index is -3.13. The zero-order valence-electron chi connectivity index (χ0n) is 9.47. The minimum Gasteiger partial charge on any atom is -0.349 e. The van der Waals surface area contributed by atoms with Gasteiger partial charge in [0.15, 0.2) is 9.84 Å². The number of carbonyl (C=O) groups excluding carboxylic acids is 1. The topological polar surface area (TPSA) is 63.2 Å². The van der Waals surface area contributed by atoms with Crippen LogP contribution in [0.4, 0.5) is 0 Å². The van der Waals surface area contributed by atoms with Gasteiger partial charge in [-0.1, -0.05) is 23.7 Å². The van der Waals surface area contributed by atoms with Crippen LogP contribution < -0.4 is 5.32 Å². The molecule has 0 radical (unpaired) electrons. The van der Waals surface area contributed by atoms with Gasteiger partial charge < -0.3 is 5.32 Å². The first-order valence-corrected chi connectivity index (χ1v) is 7.49. The lowest BCUT2D eigenvalue weighted by molar-refractivity contribution is -0.120. The molecule has 1 aromatic carbocycles. The number of rotatable bonds is 3. The van der Waals surface area contributed by atoms with Crippen LogP contribution in [0.2, 0.25) is 5.02 Å². The third-order valence-electron chi connectivity index (χ3n) is 2.55. The fraction of sp³-hybridized carbons (Fsp3) is 0.250. The van der Waals surface area contributed by atoms with Crippen molar-refractivity contribution in [1.82, 2.24) is 5.32 Å². The van der Waals surface area contributed by atoms with Gasteiger partial charge in [0.2, 0.25) is 5.91 Å². The van der Waals surface area contributed by atoms with Gasteiger partial charge >= 0.3 is 0 Å². The highest BCUT2D eigenvalue weighted by atomic mass is 35.5. The third kappa shape index (κ3) is 3.58. The van der Waals surface area contributed by atoms with Gasteiger partial charge in [-0.2, -0.15) is 0 Å². The van der Waals surface area contributed by atoms with Crippen LogP contribution in [-0.2, 0) is 21.1 Å². The van der Waals surface area contributed by atoms with E-state index in [2.05, 4.69) is 5.32 Å². The van der Waals surface area contributed by atoms with Gasteiger partial charge in [0.1, 0.15) is 0 Å². The molecule has 96 valence electrons. The van der Waals surface area contributed by atoms with Gasteiger partial charge in [-0.25, -0.2) is 8.42 Å². The van der Waals surface area contributed by atoms with Gasteiger partial charge in [-0.05, 0) is 23.8 Å². The minimum absolute atomic E-state index is 0.0562. The van der Waals surface area contributed by atoms with Crippen molar-refractivity contribution in [3.05, 3.63) is 46.3 Å². The molecule has 0 aliphatic carbocycles. The van der Waals surface area contributed by atoms with Crippen LogP contribution in [-0.4, -0.2) is 26.1 Å². The van der Waals surface area contributed by atoms with E-state index < -0.39 is 15.9 Å². The SMILES string of the molecule is O=C(Cc1ccc(Cl)cc1)NC1C=CS(=O)(=O)C1. The summed E-state index contributed by atoms with van der Waals surface area (Å²) in [4.78, 5) is 11.7. The van der Waals surface area contributed by atoms with Crippen molar-refractivity contribution < 1.29 is 13.2 Å². The highest BCUT2D eigenvalue weighted by molar-refractivity contribution is 7.94. The quantitative estimate of drug-likeness (QED) is 0.911. The smallest absolute Gasteiger partial charge is 0.224 e. The van der Waals surface area contributed by atoms with E-state index in [1.54, 1.807) is 24.3 Å². The van der Waals surface area contributed by atoms with Crippen molar-refractivity contribution in [2.45, 2.75) is 12.5 Å². The fourth-order valence-corrected chi connectivity index (χ4v) is 3.07. The largest absolute Gasteiger partial charge is 0.349 e. The number of nitrogens with one attached hydrogen (secondary N) is 1. The number of hydrogen-bond acceptors (Lipinski definition) is 3. The van der Waals surface area contributed by atoms with Crippen molar-refractivity contribution in [3.8, 4) is 0 Å². The van der Waals surface area contributed by atoms with Crippen LogP contribution >= 0.6 is 11.6 Å². The van der Waals surface area contributed by atoms with Crippen molar-refractivity contribution in [2.24, 2.45) is 0 Å². The van der Waals surface area contributed by atoms with E-state index in [0.717, 1.165) is 11.0 Å². The molecule has 2 rings (SSSR count). The molecule has 4 nitrogen and oxygen atoms in total. The van der Waals surface area contributed by atoms with Crippen molar-refractivity contribution in [1.29, 1.82) is 0 Å². The van der Waals surface area contributed by atoms with Crippen molar-refractivity contribution in [2.75, 3.05) is 5.75 Å². The number of halogens is 1. The summed E-state index contributed by atoms with van der Waals surface area (Å²) in [6.45, 7) is 0. The Labute approximate surface area is 111 Å². The Balaban J connectivity index is 1.90. The van der Waals surface area contributed by atoms with Crippen molar-refractivity contribution >= 4 is 27.3 Å². The second-order valence-electron chi connectivity index (χ2n) is 4.14. The summed E-state index contributed by atoms with van der Waals surface area (Å²) in [6.07, 6.45) is 1.71. The summed E-state index contributed by atoms with van der Waals surface area (Å²) in [5, 5.41) is 4.41. The number of sulfone groups is 1. The van der Waals surface area contributed by atoms with Crippen LogP contribution in [0.25, 0.3) is 0 Å². The Bertz CT molecular complexity index is 578. The summed E-state index contributed by atoms with van der Waals surface area (Å²) < 4.78 is 22.3. The van der Waals surface area contributed by atoms with E-state index in [4.69, 9.17) is 11.6 Å². The summed E-state index contributed by atoms with van der Waals surface area (Å²) >= 11 is 5.74. The molecular weight excluding hydrogens is 274 g/mol. The molecule has 0 bridgehead atoms. The highest BCUT2D eigenvalue weighted by Gasteiger charge is 2.22. The molecule has 1 amide bonds. The van der Waals surface area contributed by atoms with Crippen LogP contribution in [0.3, 0.4) is 0 Å². The summed E-state index contributed by atoms with van der Waals surface area (Å²) in [7, 11) is -3.13. The molecule has 1 aromatic rings. The first-order valence-electron chi connectivity index (χ1n) is 5.39. The predicted molar refractivity (Wildman–Crippen MR) is 70.0 cm³/mol. The Morgan fingerprint density at radius 1 is 1.33 bits per heavy atom. The Morgan fingerprint density at radius 2 is 2.00 bits per heavy atom. The Hall–Kier alpha value is -1.33. The monoisotopic (exact) mass is 285 g/mol. The summed E-state index contributed by atoms with van der Waals surface area (Å²) in [5.74, 6) is -0.261. The van der Waals surface area contributed by atoms with Crippen LogP contribution in [0, 0.1) is 0 Å². The molecule has 1 N–H and O–H groups in total. The molecule has 1 atom stereocenters. The molecule has 1 heterocycles. The standard InChI is InChI=1S/C12H12ClNO3S/c13-10-3-1-9(2-4-10)7-12(15)14-11-5-6-18(16,17)8-11/h1-6,11H,7-8H2,(H,14,15). The third-order valence-corrected chi connectivity index (χ3v) is 4.20. The molecule has 0 saturated heterocycles. The summed E-state index contributed by atoms with van der Waals surface area (Å²) in [6, 6.07) is 6.54. The van der Waals surface area contributed by atoms with Gasteiger partial charge in [-0.15, -0.1) is 0 Å². The Kier molecular flexibility index (Phi) is 3.73. The second kappa shape index (κ2) is 5.12. The van der Waals surface area contributed by atoms with E-state index >= 15 is 0 Å². The van der Waals surface area contributed by atoms with Gasteiger partial charge in [0.05, 0.1) is 18.2 Å². The van der Waals surface area contributed by atoms with E-state index in [9.17, 15) is 13.2 Å². The molecule has 1 aliphatic rings. The average molecular weight is 286 g/mol. The second-order valence-corrected chi connectivity index (χ2v) is 6.50. The fourth-order valence-electron chi connectivity index (χ4n) is 1.71. The van der Waals surface area contributed by atoms with Crippen LogP contribution in [0.1, 0.15) is 5.56 Å². The first-order chi connectivity index (χ1) is 8.44. The summed E-state index contributed by atoms with van der Waals surface area (Å²) in [5.41, 5.74) is 0.835. The molecule has 0 saturated carbocycles. The molecule has 0 fully saturated rings. The van der Waals surface area contributed by atoms with Crippen LogP contribution in [0.5, 0.6) is 0 Å². The first kappa shape index (κ1) is 13.1. The van der Waals surface area contributed by atoms with E-state index in [1.165, 1.54) is 6.08 Å². The number of benzene rings is 1. The van der Waals surface area contributed by atoms with Crippen LogP contribution in [0.15, 0.2) is 35.7 Å². The maximum atomic E-state index is 11.7. The lowest BCUT2D eigenvalue weighted by Gasteiger charge is -2.09. The molecule has 1 unspecified atom stereocenters. The maximum Gasteiger partial charge on any atom is 0.224 e. The predicted octanol–water partition coefficient (Wildman–Crippen LogP) is 1.31. The van der Waals surface area contributed by atoms with Gasteiger partial charge in [0, 0.05) is 10.4 Å². The molecule has 6 heteroatoms. The highest BCUT2D eigenvalue weighted by Crippen LogP contribution is 2.11. The number of carbonyl (C=O) groups is 1.